The fourth-order valence-electron chi connectivity index (χ4n) is 4.84. The molecule has 0 saturated heterocycles. The smallest absolute Gasteiger partial charge is 0.338 e. The third-order valence-electron chi connectivity index (χ3n) is 7.90. The first-order valence-electron chi connectivity index (χ1n) is 15.1. The van der Waals surface area contributed by atoms with Gasteiger partial charge in [-0.3, -0.25) is 0 Å². The van der Waals surface area contributed by atoms with Crippen LogP contribution in [-0.4, -0.2) is 47.1 Å². The van der Waals surface area contributed by atoms with Gasteiger partial charge in [0, 0.05) is 8.95 Å². The van der Waals surface area contributed by atoms with Gasteiger partial charge in [-0.25, -0.2) is 9.59 Å². The summed E-state index contributed by atoms with van der Waals surface area (Å²) in [6, 6.07) is 14.2. The van der Waals surface area contributed by atoms with Gasteiger partial charge in [0.15, 0.2) is 0 Å². The van der Waals surface area contributed by atoms with E-state index in [0.29, 0.717) is 36.5 Å². The summed E-state index contributed by atoms with van der Waals surface area (Å²) < 4.78 is 12.7. The van der Waals surface area contributed by atoms with Gasteiger partial charge >= 0.3 is 11.9 Å². The average molecular weight is 713 g/mol. The van der Waals surface area contributed by atoms with E-state index in [9.17, 15) is 19.8 Å². The number of carbonyl (C=O) groups excluding carboxylic acids is 2. The Hall–Kier alpha value is -1.74. The van der Waals surface area contributed by atoms with Crippen molar-refractivity contribution in [1.82, 2.24) is 0 Å². The molecule has 0 saturated carbocycles. The molecular weight excluding hydrogens is 664 g/mol. The second-order valence-electron chi connectivity index (χ2n) is 12.2. The van der Waals surface area contributed by atoms with E-state index in [1.54, 1.807) is 24.3 Å². The fourth-order valence-corrected chi connectivity index (χ4v) is 5.37. The molecule has 2 aromatic carbocycles. The summed E-state index contributed by atoms with van der Waals surface area (Å²) in [5.74, 6) is 0.0742. The van der Waals surface area contributed by atoms with E-state index in [0.717, 1.165) is 53.9 Å². The normalized spacial score (nSPS) is 15.7. The molecule has 42 heavy (non-hydrogen) atoms. The van der Waals surface area contributed by atoms with Crippen molar-refractivity contribution in [1.29, 1.82) is 0 Å². The lowest BCUT2D eigenvalue weighted by Gasteiger charge is -2.25. The van der Waals surface area contributed by atoms with Gasteiger partial charge in [0.2, 0.25) is 0 Å². The van der Waals surface area contributed by atoms with Crippen molar-refractivity contribution < 1.29 is 29.3 Å². The molecule has 0 spiro atoms. The maximum Gasteiger partial charge on any atom is 0.338 e. The molecule has 5 atom stereocenters. The van der Waals surface area contributed by atoms with E-state index < -0.39 is 11.7 Å². The lowest BCUT2D eigenvalue weighted by atomic mass is 9.88. The van der Waals surface area contributed by atoms with E-state index in [2.05, 4.69) is 45.7 Å². The zero-order valence-corrected chi connectivity index (χ0v) is 28.7. The highest BCUT2D eigenvalue weighted by molar-refractivity contribution is 9.10. The van der Waals surface area contributed by atoms with E-state index in [1.807, 2.05) is 38.1 Å². The van der Waals surface area contributed by atoms with Crippen molar-refractivity contribution in [3.8, 4) is 0 Å². The van der Waals surface area contributed by atoms with Crippen molar-refractivity contribution in [2.45, 2.75) is 97.2 Å². The van der Waals surface area contributed by atoms with Crippen molar-refractivity contribution in [2.75, 3.05) is 13.2 Å². The van der Waals surface area contributed by atoms with Crippen LogP contribution in [0.3, 0.4) is 0 Å². The van der Waals surface area contributed by atoms with Crippen molar-refractivity contribution in [3.05, 3.63) is 68.6 Å². The molecule has 0 heterocycles. The molecule has 2 rings (SSSR count). The van der Waals surface area contributed by atoms with Crippen LogP contribution in [0, 0.1) is 17.8 Å². The van der Waals surface area contributed by atoms with Gasteiger partial charge in [-0.2, -0.15) is 0 Å². The number of aliphatic hydroxyl groups excluding tert-OH is 1. The molecular formula is C34H48Br2O6. The molecule has 0 bridgehead atoms. The SMILES string of the molecule is CC(CCCC(C)(O)CCCC(C)COC(=O)c1ccc(Br)cc1)CCC(O)C(C)CCOC(=O)c1ccc(Br)cc1. The van der Waals surface area contributed by atoms with Crippen LogP contribution in [0.1, 0.15) is 106 Å². The highest BCUT2D eigenvalue weighted by atomic mass is 79.9. The minimum atomic E-state index is -0.713. The van der Waals surface area contributed by atoms with Crippen LogP contribution in [0.4, 0.5) is 0 Å². The van der Waals surface area contributed by atoms with Crippen LogP contribution < -0.4 is 0 Å². The number of carbonyl (C=O) groups is 2. The summed E-state index contributed by atoms with van der Waals surface area (Å²) in [5, 5.41) is 21.5. The Balaban J connectivity index is 1.54. The summed E-state index contributed by atoms with van der Waals surface area (Å²) >= 11 is 6.72. The molecule has 0 aliphatic heterocycles. The molecule has 0 fully saturated rings. The standard InChI is InChI=1S/C34H48Br2O6/c1-24(9-18-31(37)26(3)19-22-41-32(38)27-10-14-29(35)15-11-27)7-5-20-34(4,40)21-6-8-25(2)23-42-33(39)28-12-16-30(36)17-13-28/h10-17,24-26,31,37,40H,5-9,18-23H2,1-4H3. The molecule has 0 aliphatic rings. The second kappa shape index (κ2) is 18.8. The van der Waals surface area contributed by atoms with E-state index in [1.165, 1.54) is 0 Å². The predicted molar refractivity (Wildman–Crippen MR) is 175 cm³/mol. The van der Waals surface area contributed by atoms with Gasteiger partial charge in [-0.15, -0.1) is 0 Å². The molecule has 0 aromatic heterocycles. The van der Waals surface area contributed by atoms with Crippen molar-refractivity contribution in [3.63, 3.8) is 0 Å². The average Bonchev–Trinajstić information content (AvgIpc) is 2.95. The summed E-state index contributed by atoms with van der Waals surface area (Å²) in [4.78, 5) is 24.3. The summed E-state index contributed by atoms with van der Waals surface area (Å²) in [6.45, 7) is 8.82. The Morgan fingerprint density at radius 1 is 0.738 bits per heavy atom. The van der Waals surface area contributed by atoms with Gasteiger partial charge in [-0.1, -0.05) is 71.9 Å². The predicted octanol–water partition coefficient (Wildman–Crippen LogP) is 8.76. The molecule has 5 unspecified atom stereocenters. The van der Waals surface area contributed by atoms with Crippen LogP contribution in [0.2, 0.25) is 0 Å². The quantitative estimate of drug-likeness (QED) is 0.142. The molecule has 0 amide bonds. The maximum atomic E-state index is 12.2. The third kappa shape index (κ3) is 14.6. The number of hydrogen-bond donors (Lipinski definition) is 2. The molecule has 0 aliphatic carbocycles. The number of benzene rings is 2. The van der Waals surface area contributed by atoms with Gasteiger partial charge in [0.25, 0.3) is 0 Å². The zero-order chi connectivity index (χ0) is 31.1. The maximum absolute atomic E-state index is 12.2. The molecule has 234 valence electrons. The van der Waals surface area contributed by atoms with Crippen LogP contribution in [0.15, 0.2) is 57.5 Å². The highest BCUT2D eigenvalue weighted by Gasteiger charge is 2.21. The van der Waals surface area contributed by atoms with E-state index in [4.69, 9.17) is 9.47 Å². The summed E-state index contributed by atoms with van der Waals surface area (Å²) in [5.41, 5.74) is 0.349. The van der Waals surface area contributed by atoms with Gasteiger partial charge < -0.3 is 19.7 Å². The van der Waals surface area contributed by atoms with Crippen LogP contribution in [0.25, 0.3) is 0 Å². The first kappa shape index (κ1) is 36.5. The summed E-state index contributed by atoms with van der Waals surface area (Å²) in [6.07, 6.45) is 6.98. The molecule has 0 radical (unpaired) electrons. The Bertz CT molecular complexity index is 1070. The minimum absolute atomic E-state index is 0.0438. The molecule has 2 aromatic rings. The Morgan fingerprint density at radius 3 is 1.74 bits per heavy atom. The summed E-state index contributed by atoms with van der Waals surface area (Å²) in [7, 11) is 0. The lowest BCUT2D eigenvalue weighted by Crippen LogP contribution is -2.24. The number of ether oxygens (including phenoxy) is 2. The van der Waals surface area contributed by atoms with Crippen LogP contribution in [0.5, 0.6) is 0 Å². The van der Waals surface area contributed by atoms with Gasteiger partial charge in [-0.05, 0) is 112 Å². The van der Waals surface area contributed by atoms with Crippen molar-refractivity contribution in [2.24, 2.45) is 17.8 Å². The zero-order valence-electron chi connectivity index (χ0n) is 25.5. The largest absolute Gasteiger partial charge is 0.462 e. The van der Waals surface area contributed by atoms with Gasteiger partial charge in [0.05, 0.1) is 36.0 Å². The fraction of sp³-hybridized carbons (Fsp3) is 0.588. The molecule has 6 nitrogen and oxygen atoms in total. The highest BCUT2D eigenvalue weighted by Crippen LogP contribution is 2.26. The molecule has 8 heteroatoms. The first-order valence-corrected chi connectivity index (χ1v) is 16.7. The van der Waals surface area contributed by atoms with Crippen molar-refractivity contribution >= 4 is 43.8 Å². The number of halogens is 2. The Kier molecular flexibility index (Phi) is 16.3. The van der Waals surface area contributed by atoms with E-state index >= 15 is 0 Å². The lowest BCUT2D eigenvalue weighted by molar-refractivity contribution is 0.0303. The third-order valence-corrected chi connectivity index (χ3v) is 8.96. The second-order valence-corrected chi connectivity index (χ2v) is 14.0. The van der Waals surface area contributed by atoms with Crippen LogP contribution >= 0.6 is 31.9 Å². The minimum Gasteiger partial charge on any atom is -0.462 e. The van der Waals surface area contributed by atoms with Crippen LogP contribution in [-0.2, 0) is 9.47 Å². The monoisotopic (exact) mass is 710 g/mol. The number of hydrogen-bond acceptors (Lipinski definition) is 6. The van der Waals surface area contributed by atoms with Gasteiger partial charge in [0.1, 0.15) is 0 Å². The Morgan fingerprint density at radius 2 is 1.21 bits per heavy atom. The topological polar surface area (TPSA) is 93.1 Å². The Labute approximate surface area is 268 Å². The number of aliphatic hydroxyl groups is 2. The number of esters is 2. The number of rotatable bonds is 19. The van der Waals surface area contributed by atoms with E-state index in [-0.39, 0.29) is 30.4 Å². The molecule has 2 N–H and O–H groups in total. The first-order chi connectivity index (χ1) is 19.9.